The summed E-state index contributed by atoms with van der Waals surface area (Å²) in [5, 5.41) is 17.1. The molecule has 3 aromatic heterocycles. The largest absolute Gasteiger partial charge is 0.283 e. The molecule has 0 unspecified atom stereocenters. The van der Waals surface area contributed by atoms with Gasteiger partial charge >= 0.3 is 0 Å². The van der Waals surface area contributed by atoms with E-state index in [2.05, 4.69) is 20.2 Å². The number of nitrogens with one attached hydrogen (secondary N) is 2. The molecule has 4 aromatic rings. The Morgan fingerprint density at radius 2 is 2.19 bits per heavy atom. The Bertz CT molecular complexity index is 1190. The number of rotatable bonds is 4. The Balaban J connectivity index is 1.89. The van der Waals surface area contributed by atoms with Crippen molar-refractivity contribution in [3.05, 3.63) is 70.3 Å². The van der Waals surface area contributed by atoms with Crippen molar-refractivity contribution in [3.63, 3.8) is 0 Å². The van der Waals surface area contributed by atoms with Gasteiger partial charge in [0.15, 0.2) is 10.8 Å². The maximum absolute atomic E-state index is 13.5. The van der Waals surface area contributed by atoms with E-state index in [-0.39, 0.29) is 10.5 Å². The van der Waals surface area contributed by atoms with Crippen LogP contribution in [0.4, 0.5) is 4.39 Å². The van der Waals surface area contributed by atoms with E-state index in [1.165, 1.54) is 23.9 Å². The second kappa shape index (κ2) is 7.13. The highest BCUT2D eigenvalue weighted by molar-refractivity contribution is 7.98. The third-order valence-corrected chi connectivity index (χ3v) is 5.34. The maximum atomic E-state index is 13.5. The molecule has 0 spiro atoms. The smallest absolute Gasteiger partial charge is 0.187 e. The Labute approximate surface area is 163 Å². The van der Waals surface area contributed by atoms with Crippen molar-refractivity contribution < 1.29 is 4.39 Å². The van der Waals surface area contributed by atoms with Crippen molar-refractivity contribution >= 4 is 34.4 Å². The minimum atomic E-state index is -0.436. The SMILES string of the molecule is Cc1[nH]nc2nc(SCc3cccnc3)n(-c3ccc(F)cc3Cl)c(=N)c12. The highest BCUT2D eigenvalue weighted by Crippen LogP contribution is 2.28. The van der Waals surface area contributed by atoms with Crippen molar-refractivity contribution in [3.8, 4) is 5.69 Å². The summed E-state index contributed by atoms with van der Waals surface area (Å²) >= 11 is 7.71. The van der Waals surface area contributed by atoms with Crippen molar-refractivity contribution in [2.75, 3.05) is 0 Å². The zero-order valence-corrected chi connectivity index (χ0v) is 15.8. The van der Waals surface area contributed by atoms with Crippen molar-refractivity contribution in [1.29, 1.82) is 5.41 Å². The fraction of sp³-hybridized carbons (Fsp3) is 0.111. The minimum absolute atomic E-state index is 0.188. The van der Waals surface area contributed by atoms with Gasteiger partial charge in [-0.3, -0.25) is 20.1 Å². The van der Waals surface area contributed by atoms with Crippen LogP contribution in [0.15, 0.2) is 47.9 Å². The lowest BCUT2D eigenvalue weighted by Gasteiger charge is -2.14. The highest BCUT2D eigenvalue weighted by atomic mass is 35.5. The van der Waals surface area contributed by atoms with Gasteiger partial charge in [-0.2, -0.15) is 5.10 Å². The zero-order valence-electron chi connectivity index (χ0n) is 14.2. The molecular formula is C18H14ClFN6S. The molecule has 0 bridgehead atoms. The molecule has 0 fully saturated rings. The molecule has 136 valence electrons. The molecule has 6 nitrogen and oxygen atoms in total. The van der Waals surface area contributed by atoms with Gasteiger partial charge in [0.25, 0.3) is 0 Å². The number of aromatic amines is 1. The first kappa shape index (κ1) is 17.7. The molecule has 27 heavy (non-hydrogen) atoms. The average Bonchev–Trinajstić information content (AvgIpc) is 3.03. The summed E-state index contributed by atoms with van der Waals surface area (Å²) in [4.78, 5) is 8.72. The third-order valence-electron chi connectivity index (χ3n) is 4.02. The Morgan fingerprint density at radius 1 is 1.33 bits per heavy atom. The highest BCUT2D eigenvalue weighted by Gasteiger charge is 2.17. The van der Waals surface area contributed by atoms with E-state index in [4.69, 9.17) is 17.0 Å². The first-order valence-electron chi connectivity index (χ1n) is 8.04. The standard InChI is InChI=1S/C18H14ClFN6S/c1-10-15-16(21)26(14-5-4-12(20)7-13(14)19)18(23-17(15)25-24-10)27-9-11-3-2-6-22-8-11/h2-8,21H,9H2,1H3,(H,24,25). The molecule has 9 heteroatoms. The van der Waals surface area contributed by atoms with E-state index in [1.807, 2.05) is 19.1 Å². The molecular weight excluding hydrogens is 387 g/mol. The van der Waals surface area contributed by atoms with Gasteiger partial charge < -0.3 is 0 Å². The maximum Gasteiger partial charge on any atom is 0.187 e. The van der Waals surface area contributed by atoms with Crippen LogP contribution in [0, 0.1) is 18.2 Å². The summed E-state index contributed by atoms with van der Waals surface area (Å²) in [6.07, 6.45) is 3.49. The number of aryl methyl sites for hydroxylation is 1. The van der Waals surface area contributed by atoms with E-state index in [0.29, 0.717) is 27.6 Å². The van der Waals surface area contributed by atoms with E-state index in [0.717, 1.165) is 11.3 Å². The summed E-state index contributed by atoms with van der Waals surface area (Å²) in [6.45, 7) is 1.83. The van der Waals surface area contributed by atoms with Gasteiger partial charge in [0.1, 0.15) is 11.3 Å². The van der Waals surface area contributed by atoms with Gasteiger partial charge in [0.05, 0.1) is 16.1 Å². The Hall–Kier alpha value is -2.71. The predicted octanol–water partition coefficient (Wildman–Crippen LogP) is 4.02. The third kappa shape index (κ3) is 3.33. The van der Waals surface area contributed by atoms with Crippen LogP contribution in [0.3, 0.4) is 0 Å². The normalized spacial score (nSPS) is 11.2. The monoisotopic (exact) mass is 400 g/mol. The van der Waals surface area contributed by atoms with E-state index >= 15 is 0 Å². The molecule has 0 amide bonds. The molecule has 0 aliphatic heterocycles. The number of halogens is 2. The quantitative estimate of drug-likeness (QED) is 0.400. The first-order chi connectivity index (χ1) is 13.0. The molecule has 0 atom stereocenters. The van der Waals surface area contributed by atoms with Crippen molar-refractivity contribution in [2.45, 2.75) is 17.8 Å². The number of pyridine rings is 1. The molecule has 0 radical (unpaired) electrons. The number of fused-ring (bicyclic) bond motifs is 1. The molecule has 0 aliphatic carbocycles. The van der Waals surface area contributed by atoms with Crippen LogP contribution >= 0.6 is 23.4 Å². The summed E-state index contributed by atoms with van der Waals surface area (Å²) in [5.74, 6) is 0.169. The van der Waals surface area contributed by atoms with Crippen molar-refractivity contribution in [1.82, 2.24) is 24.7 Å². The number of nitrogens with zero attached hydrogens (tertiary/aromatic N) is 4. The summed E-state index contributed by atoms with van der Waals surface area (Å²) in [6, 6.07) is 7.92. The van der Waals surface area contributed by atoms with Crippen LogP contribution < -0.4 is 5.49 Å². The second-order valence-corrected chi connectivity index (χ2v) is 7.22. The fourth-order valence-corrected chi connectivity index (χ4v) is 3.93. The lowest BCUT2D eigenvalue weighted by Crippen LogP contribution is -2.22. The first-order valence-corrected chi connectivity index (χ1v) is 9.40. The molecule has 0 saturated carbocycles. The van der Waals surface area contributed by atoms with Gasteiger partial charge in [-0.15, -0.1) is 0 Å². The van der Waals surface area contributed by atoms with E-state index in [9.17, 15) is 4.39 Å². The summed E-state index contributed by atoms with van der Waals surface area (Å²) in [7, 11) is 0. The lowest BCUT2D eigenvalue weighted by molar-refractivity contribution is 0.626. The predicted molar refractivity (Wildman–Crippen MR) is 103 cm³/mol. The molecule has 3 heterocycles. The molecule has 0 saturated heterocycles. The Kier molecular flexibility index (Phi) is 4.67. The van der Waals surface area contributed by atoms with Gasteiger partial charge in [-0.05, 0) is 36.8 Å². The van der Waals surface area contributed by atoms with Crippen LogP contribution in [0.2, 0.25) is 5.02 Å². The van der Waals surface area contributed by atoms with Gasteiger partial charge in [-0.1, -0.05) is 29.4 Å². The topological polar surface area (TPSA) is 83.2 Å². The number of H-pyrrole nitrogens is 1. The van der Waals surface area contributed by atoms with Crippen LogP contribution in [0.5, 0.6) is 0 Å². The molecule has 0 aliphatic rings. The molecule has 4 rings (SSSR count). The Morgan fingerprint density at radius 3 is 2.93 bits per heavy atom. The van der Waals surface area contributed by atoms with Gasteiger partial charge in [-0.25, -0.2) is 9.37 Å². The van der Waals surface area contributed by atoms with Crippen LogP contribution in [0.25, 0.3) is 16.7 Å². The van der Waals surface area contributed by atoms with Crippen LogP contribution in [-0.2, 0) is 5.75 Å². The fourth-order valence-electron chi connectivity index (χ4n) is 2.74. The van der Waals surface area contributed by atoms with Crippen LogP contribution in [0.1, 0.15) is 11.3 Å². The van der Waals surface area contributed by atoms with Crippen molar-refractivity contribution in [2.24, 2.45) is 0 Å². The number of hydrogen-bond donors (Lipinski definition) is 2. The number of aromatic nitrogens is 5. The zero-order chi connectivity index (χ0) is 19.0. The van der Waals surface area contributed by atoms with Gasteiger partial charge in [0, 0.05) is 23.8 Å². The van der Waals surface area contributed by atoms with Gasteiger partial charge in [0.2, 0.25) is 0 Å². The average molecular weight is 401 g/mol. The summed E-state index contributed by atoms with van der Waals surface area (Å²) in [5.41, 5.74) is 2.89. The molecule has 1 aromatic carbocycles. The number of benzene rings is 1. The number of hydrogen-bond acceptors (Lipinski definition) is 5. The second-order valence-electron chi connectivity index (χ2n) is 5.87. The summed E-state index contributed by atoms with van der Waals surface area (Å²) < 4.78 is 15.1. The minimum Gasteiger partial charge on any atom is -0.283 e. The van der Waals surface area contributed by atoms with E-state index in [1.54, 1.807) is 23.0 Å². The lowest BCUT2D eigenvalue weighted by atomic mass is 10.2. The van der Waals surface area contributed by atoms with Crippen LogP contribution in [-0.4, -0.2) is 24.7 Å². The van der Waals surface area contributed by atoms with E-state index < -0.39 is 5.82 Å². The molecule has 2 N–H and O–H groups in total. The number of thioether (sulfide) groups is 1.